The quantitative estimate of drug-likeness (QED) is 0.797. The van der Waals surface area contributed by atoms with Crippen molar-refractivity contribution < 1.29 is 14.7 Å². The van der Waals surface area contributed by atoms with Crippen molar-refractivity contribution >= 4 is 12.0 Å². The van der Waals surface area contributed by atoms with Crippen LogP contribution >= 0.6 is 0 Å². The van der Waals surface area contributed by atoms with E-state index in [1.165, 1.54) is 0 Å². The first kappa shape index (κ1) is 13.8. The van der Waals surface area contributed by atoms with Crippen molar-refractivity contribution in [3.63, 3.8) is 0 Å². The fourth-order valence-corrected chi connectivity index (χ4v) is 2.18. The standard InChI is InChI=1S/C12H22N2O3/c1-3-6-13(7-4-2)12(17)14-8-5-10(9-14)11(15)16/h10H,3-9H2,1-2H3,(H,15,16). The molecule has 1 heterocycles. The zero-order chi connectivity index (χ0) is 12.8. The third kappa shape index (κ3) is 3.61. The summed E-state index contributed by atoms with van der Waals surface area (Å²) in [7, 11) is 0. The lowest BCUT2D eigenvalue weighted by Crippen LogP contribution is -2.43. The summed E-state index contributed by atoms with van der Waals surface area (Å²) in [4.78, 5) is 26.5. The number of carboxylic acids is 1. The van der Waals surface area contributed by atoms with Gasteiger partial charge in [-0.1, -0.05) is 13.8 Å². The molecule has 1 N–H and O–H groups in total. The highest BCUT2D eigenvalue weighted by atomic mass is 16.4. The molecular weight excluding hydrogens is 220 g/mol. The number of carbonyl (C=O) groups excluding carboxylic acids is 1. The zero-order valence-corrected chi connectivity index (χ0v) is 10.7. The van der Waals surface area contributed by atoms with Crippen LogP contribution in [0.3, 0.4) is 0 Å². The van der Waals surface area contributed by atoms with Gasteiger partial charge >= 0.3 is 12.0 Å². The van der Waals surface area contributed by atoms with Crippen LogP contribution < -0.4 is 0 Å². The molecule has 0 saturated carbocycles. The number of carbonyl (C=O) groups is 2. The number of likely N-dealkylation sites (tertiary alicyclic amines) is 1. The van der Waals surface area contributed by atoms with Crippen molar-refractivity contribution in [2.24, 2.45) is 5.92 Å². The minimum atomic E-state index is -0.794. The Labute approximate surface area is 102 Å². The predicted molar refractivity (Wildman–Crippen MR) is 64.9 cm³/mol. The number of aliphatic carboxylic acids is 1. The number of urea groups is 1. The SMILES string of the molecule is CCCN(CCC)C(=O)N1CCC(C(=O)O)C1. The van der Waals surface area contributed by atoms with Gasteiger partial charge in [0.1, 0.15) is 0 Å². The van der Waals surface area contributed by atoms with E-state index in [1.54, 1.807) is 4.90 Å². The third-order valence-corrected chi connectivity index (χ3v) is 3.07. The Bertz CT molecular complexity index is 275. The summed E-state index contributed by atoms with van der Waals surface area (Å²) >= 11 is 0. The van der Waals surface area contributed by atoms with Crippen molar-refractivity contribution in [1.82, 2.24) is 9.80 Å². The highest BCUT2D eigenvalue weighted by Crippen LogP contribution is 2.18. The normalized spacial score (nSPS) is 19.4. The average Bonchev–Trinajstić information content (AvgIpc) is 2.77. The number of carboxylic acid groups (broad SMARTS) is 1. The van der Waals surface area contributed by atoms with Gasteiger partial charge in [0.15, 0.2) is 0 Å². The van der Waals surface area contributed by atoms with Crippen molar-refractivity contribution in [1.29, 1.82) is 0 Å². The Kier molecular flexibility index (Phi) is 5.25. The monoisotopic (exact) mass is 242 g/mol. The van der Waals surface area contributed by atoms with Gasteiger partial charge in [-0.2, -0.15) is 0 Å². The Morgan fingerprint density at radius 2 is 1.88 bits per heavy atom. The molecular formula is C12H22N2O3. The summed E-state index contributed by atoms with van der Waals surface area (Å²) in [6.07, 6.45) is 2.44. The summed E-state index contributed by atoms with van der Waals surface area (Å²) in [5, 5.41) is 8.91. The van der Waals surface area contributed by atoms with Gasteiger partial charge in [0.2, 0.25) is 0 Å². The van der Waals surface area contributed by atoms with Crippen LogP contribution in [0.2, 0.25) is 0 Å². The molecule has 0 bridgehead atoms. The maximum absolute atomic E-state index is 12.2. The summed E-state index contributed by atoms with van der Waals surface area (Å²) in [5.74, 6) is -1.18. The summed E-state index contributed by atoms with van der Waals surface area (Å²) in [6.45, 7) is 6.51. The highest BCUT2D eigenvalue weighted by Gasteiger charge is 2.32. The molecule has 0 aromatic heterocycles. The van der Waals surface area contributed by atoms with E-state index in [1.807, 2.05) is 18.7 Å². The van der Waals surface area contributed by atoms with E-state index < -0.39 is 5.97 Å². The molecule has 0 aromatic rings. The summed E-state index contributed by atoms with van der Waals surface area (Å²) in [6, 6.07) is -0.00236. The van der Waals surface area contributed by atoms with Crippen LogP contribution in [-0.4, -0.2) is 53.1 Å². The largest absolute Gasteiger partial charge is 0.481 e. The number of rotatable bonds is 5. The molecule has 17 heavy (non-hydrogen) atoms. The Hall–Kier alpha value is -1.26. The zero-order valence-electron chi connectivity index (χ0n) is 10.7. The average molecular weight is 242 g/mol. The lowest BCUT2D eigenvalue weighted by molar-refractivity contribution is -0.141. The van der Waals surface area contributed by atoms with Crippen LogP contribution in [-0.2, 0) is 4.79 Å². The fourth-order valence-electron chi connectivity index (χ4n) is 2.18. The van der Waals surface area contributed by atoms with E-state index >= 15 is 0 Å². The van der Waals surface area contributed by atoms with Gasteiger partial charge < -0.3 is 14.9 Å². The molecule has 1 fully saturated rings. The van der Waals surface area contributed by atoms with E-state index in [-0.39, 0.29) is 11.9 Å². The third-order valence-electron chi connectivity index (χ3n) is 3.07. The maximum Gasteiger partial charge on any atom is 0.320 e. The Morgan fingerprint density at radius 1 is 1.29 bits per heavy atom. The van der Waals surface area contributed by atoms with Gasteiger partial charge in [-0.05, 0) is 19.3 Å². The molecule has 1 aliphatic heterocycles. The summed E-state index contributed by atoms with van der Waals surface area (Å²) in [5.41, 5.74) is 0. The summed E-state index contributed by atoms with van der Waals surface area (Å²) < 4.78 is 0. The van der Waals surface area contributed by atoms with E-state index in [9.17, 15) is 9.59 Å². The van der Waals surface area contributed by atoms with E-state index in [4.69, 9.17) is 5.11 Å². The molecule has 98 valence electrons. The fraction of sp³-hybridized carbons (Fsp3) is 0.833. The first-order valence-corrected chi connectivity index (χ1v) is 6.36. The topological polar surface area (TPSA) is 60.9 Å². The molecule has 0 aliphatic carbocycles. The second-order valence-corrected chi connectivity index (χ2v) is 4.54. The molecule has 1 unspecified atom stereocenters. The van der Waals surface area contributed by atoms with Crippen molar-refractivity contribution in [2.75, 3.05) is 26.2 Å². The second-order valence-electron chi connectivity index (χ2n) is 4.54. The van der Waals surface area contributed by atoms with Crippen LogP contribution in [0, 0.1) is 5.92 Å². The first-order chi connectivity index (χ1) is 8.10. The molecule has 5 heteroatoms. The van der Waals surface area contributed by atoms with E-state index in [0.29, 0.717) is 19.5 Å². The van der Waals surface area contributed by atoms with Crippen molar-refractivity contribution in [3.05, 3.63) is 0 Å². The van der Waals surface area contributed by atoms with E-state index in [0.717, 1.165) is 25.9 Å². The lowest BCUT2D eigenvalue weighted by Gasteiger charge is -2.27. The van der Waals surface area contributed by atoms with Gasteiger partial charge in [0.05, 0.1) is 5.92 Å². The van der Waals surface area contributed by atoms with Gasteiger partial charge in [-0.3, -0.25) is 4.79 Å². The smallest absolute Gasteiger partial charge is 0.320 e. The minimum Gasteiger partial charge on any atom is -0.481 e. The van der Waals surface area contributed by atoms with Gasteiger partial charge in [0, 0.05) is 26.2 Å². The Balaban J connectivity index is 2.54. The predicted octanol–water partition coefficient (Wildman–Crippen LogP) is 1.63. The number of hydrogen-bond acceptors (Lipinski definition) is 2. The minimum absolute atomic E-state index is 0.00236. The van der Waals surface area contributed by atoms with Crippen LogP contribution in [0.5, 0.6) is 0 Å². The van der Waals surface area contributed by atoms with Crippen molar-refractivity contribution in [3.8, 4) is 0 Å². The van der Waals surface area contributed by atoms with Gasteiger partial charge in [-0.25, -0.2) is 4.79 Å². The maximum atomic E-state index is 12.2. The lowest BCUT2D eigenvalue weighted by atomic mass is 10.1. The molecule has 1 saturated heterocycles. The Morgan fingerprint density at radius 3 is 2.29 bits per heavy atom. The number of hydrogen-bond donors (Lipinski definition) is 1. The molecule has 2 amide bonds. The second kappa shape index (κ2) is 6.47. The van der Waals surface area contributed by atoms with Gasteiger partial charge in [0.25, 0.3) is 0 Å². The first-order valence-electron chi connectivity index (χ1n) is 6.36. The molecule has 1 atom stereocenters. The number of nitrogens with zero attached hydrogens (tertiary/aromatic N) is 2. The van der Waals surface area contributed by atoms with Crippen LogP contribution in [0.15, 0.2) is 0 Å². The van der Waals surface area contributed by atoms with Crippen molar-refractivity contribution in [2.45, 2.75) is 33.1 Å². The molecule has 0 spiro atoms. The van der Waals surface area contributed by atoms with Crippen LogP contribution in [0.25, 0.3) is 0 Å². The highest BCUT2D eigenvalue weighted by molar-refractivity contribution is 5.77. The molecule has 0 aromatic carbocycles. The molecule has 0 radical (unpaired) electrons. The number of amides is 2. The van der Waals surface area contributed by atoms with Crippen LogP contribution in [0.1, 0.15) is 33.1 Å². The molecule has 1 aliphatic rings. The van der Waals surface area contributed by atoms with E-state index in [2.05, 4.69) is 0 Å². The van der Waals surface area contributed by atoms with Gasteiger partial charge in [-0.15, -0.1) is 0 Å². The molecule has 1 rings (SSSR count). The molecule has 5 nitrogen and oxygen atoms in total. The van der Waals surface area contributed by atoms with Crippen LogP contribution in [0.4, 0.5) is 4.79 Å².